The fourth-order valence-corrected chi connectivity index (χ4v) is 9.13. The van der Waals surface area contributed by atoms with Crippen LogP contribution in [0.1, 0.15) is 56.2 Å². The third-order valence-electron chi connectivity index (χ3n) is 11.7. The molecule has 3 unspecified atom stereocenters. The van der Waals surface area contributed by atoms with Gasteiger partial charge in [0.25, 0.3) is 0 Å². The minimum absolute atomic E-state index is 0.0394. The van der Waals surface area contributed by atoms with Crippen LogP contribution in [0.3, 0.4) is 0 Å². The van der Waals surface area contributed by atoms with Crippen LogP contribution in [0.25, 0.3) is 16.7 Å². The Labute approximate surface area is 279 Å². The van der Waals surface area contributed by atoms with Gasteiger partial charge in [-0.1, -0.05) is 31.2 Å². The molecule has 4 atom stereocenters. The second-order valence-electron chi connectivity index (χ2n) is 14.4. The van der Waals surface area contributed by atoms with Gasteiger partial charge in [0.2, 0.25) is 11.8 Å². The Bertz CT molecular complexity index is 1780. The Hall–Kier alpha value is -4.48. The van der Waals surface area contributed by atoms with Gasteiger partial charge in [0.1, 0.15) is 18.9 Å². The highest BCUT2D eigenvalue weighted by Crippen LogP contribution is 2.52. The van der Waals surface area contributed by atoms with Crippen LogP contribution in [0.4, 0.5) is 0 Å². The Balaban J connectivity index is 1.19. The Morgan fingerprint density at radius 2 is 1.83 bits per heavy atom. The number of rotatable bonds is 10. The van der Waals surface area contributed by atoms with Gasteiger partial charge in [0, 0.05) is 48.8 Å². The molecule has 3 N–H and O–H groups in total. The molecule has 0 saturated carbocycles. The minimum Gasteiger partial charge on any atom is -0.543 e. The zero-order valence-electron chi connectivity index (χ0n) is 27.5. The summed E-state index contributed by atoms with van der Waals surface area (Å²) in [6.45, 7) is 7.12. The maximum atomic E-state index is 12.8. The highest BCUT2D eigenvalue weighted by Gasteiger charge is 2.58. The molecule has 2 aromatic carbocycles. The van der Waals surface area contributed by atoms with E-state index in [4.69, 9.17) is 15.2 Å². The van der Waals surface area contributed by atoms with E-state index >= 15 is 0 Å². The molecule has 252 valence electrons. The molecular weight excluding hydrogens is 614 g/mol. The molecule has 4 saturated heterocycles. The molecule has 8 rings (SSSR count). The van der Waals surface area contributed by atoms with Crippen molar-refractivity contribution in [2.75, 3.05) is 33.4 Å². The van der Waals surface area contributed by atoms with Crippen molar-refractivity contribution in [1.29, 1.82) is 0 Å². The van der Waals surface area contributed by atoms with Crippen LogP contribution in [-0.4, -0.2) is 83.7 Å². The van der Waals surface area contributed by atoms with E-state index in [1.54, 1.807) is 0 Å². The lowest BCUT2D eigenvalue weighted by atomic mass is 9.68. The standard InChI is InChI=1S/C37H41N3O8/c1-20-27(34(36(45)46)39-33(20)31(21(2)41)35(39)44)19-48-28-6-4-5-23-26(16-30(43)47-3)25-15-22(7-8-24(25)32(23)28)18-40-12-9-37(10-13-40,11-14-40)17-29(38)42/h4-8,15-16,20-21,31,33,41H,9-14,17-19H2,1-3H3,(H2-,38,42,45,46)/t20-,21?,31?,33?,37?,40?/m0/s1. The zero-order valence-corrected chi connectivity index (χ0v) is 27.5. The molecule has 2 aromatic rings. The number of benzene rings is 2. The lowest BCUT2D eigenvalue weighted by molar-refractivity contribution is -0.957. The van der Waals surface area contributed by atoms with E-state index in [9.17, 15) is 29.4 Å². The number of methoxy groups -OCH3 is 1. The monoisotopic (exact) mass is 655 g/mol. The van der Waals surface area contributed by atoms with Crippen molar-refractivity contribution in [3.63, 3.8) is 0 Å². The van der Waals surface area contributed by atoms with Crippen LogP contribution < -0.4 is 15.6 Å². The number of primary amides is 1. The summed E-state index contributed by atoms with van der Waals surface area (Å²) in [6, 6.07) is 11.4. The van der Waals surface area contributed by atoms with Crippen molar-refractivity contribution in [2.24, 2.45) is 23.0 Å². The number of nitrogens with zero attached hydrogens (tertiary/aromatic N) is 2. The first kappa shape index (κ1) is 32.1. The number of ether oxygens (including phenoxy) is 2. The first-order valence-corrected chi connectivity index (χ1v) is 16.7. The predicted octanol–water partition coefficient (Wildman–Crippen LogP) is 1.89. The molecule has 5 aliphatic heterocycles. The molecule has 2 amide bonds. The normalized spacial score (nSPS) is 29.7. The van der Waals surface area contributed by atoms with E-state index < -0.39 is 35.9 Å². The molecule has 1 aliphatic carbocycles. The molecule has 48 heavy (non-hydrogen) atoms. The summed E-state index contributed by atoms with van der Waals surface area (Å²) in [5.41, 5.74) is 11.1. The van der Waals surface area contributed by atoms with Crippen molar-refractivity contribution in [3.05, 3.63) is 70.4 Å². The number of carboxylic acid groups (broad SMARTS) is 1. The first-order valence-electron chi connectivity index (χ1n) is 16.7. The van der Waals surface area contributed by atoms with E-state index in [0.29, 0.717) is 17.7 Å². The highest BCUT2D eigenvalue weighted by molar-refractivity contribution is 6.08. The average molecular weight is 656 g/mol. The fourth-order valence-electron chi connectivity index (χ4n) is 9.13. The summed E-state index contributed by atoms with van der Waals surface area (Å²) in [7, 11) is 1.34. The Morgan fingerprint density at radius 1 is 1.12 bits per heavy atom. The second kappa shape index (κ2) is 11.6. The van der Waals surface area contributed by atoms with Crippen LogP contribution >= 0.6 is 0 Å². The van der Waals surface area contributed by atoms with Crippen molar-refractivity contribution >= 4 is 29.3 Å². The molecule has 5 heterocycles. The number of fused-ring (bicyclic) bond motifs is 7. The quantitative estimate of drug-likeness (QED) is 0.145. The summed E-state index contributed by atoms with van der Waals surface area (Å²) in [5, 5.41) is 22.4. The topological polar surface area (TPSA) is 159 Å². The largest absolute Gasteiger partial charge is 0.543 e. The molecule has 0 spiro atoms. The Kier molecular flexibility index (Phi) is 7.75. The molecule has 0 radical (unpaired) electrons. The molecular formula is C37H41N3O8. The molecule has 11 nitrogen and oxygen atoms in total. The minimum atomic E-state index is -1.45. The third kappa shape index (κ3) is 5.02. The fraction of sp³-hybridized carbons (Fsp3) is 0.459. The lowest BCUT2D eigenvalue weighted by Crippen LogP contribution is -2.64. The van der Waals surface area contributed by atoms with Gasteiger partial charge in [0.05, 0.1) is 56.5 Å². The average Bonchev–Trinajstić information content (AvgIpc) is 3.49. The zero-order chi connectivity index (χ0) is 34.1. The number of carbonyl (C=O) groups is 4. The summed E-state index contributed by atoms with van der Waals surface area (Å²) >= 11 is 0. The molecule has 0 aromatic heterocycles. The summed E-state index contributed by atoms with van der Waals surface area (Å²) in [6.07, 6.45) is 4.01. The number of carbonyl (C=O) groups excluding carboxylic acids is 4. The van der Waals surface area contributed by atoms with E-state index in [0.717, 1.165) is 83.3 Å². The number of aliphatic hydroxyl groups is 1. The van der Waals surface area contributed by atoms with Gasteiger partial charge in [-0.25, -0.2) is 4.79 Å². The van der Waals surface area contributed by atoms with Crippen LogP contribution in [0.15, 0.2) is 53.7 Å². The molecule has 11 heteroatoms. The van der Waals surface area contributed by atoms with E-state index in [1.807, 2.05) is 25.1 Å². The second-order valence-corrected chi connectivity index (χ2v) is 14.4. The smallest absolute Gasteiger partial charge is 0.331 e. The number of hydrogen-bond acceptors (Lipinski definition) is 8. The number of aliphatic carboxylic acids is 1. The predicted molar refractivity (Wildman–Crippen MR) is 172 cm³/mol. The van der Waals surface area contributed by atoms with Gasteiger partial charge in [-0.3, -0.25) is 9.59 Å². The Morgan fingerprint density at radius 3 is 2.46 bits per heavy atom. The van der Waals surface area contributed by atoms with Crippen LogP contribution in [0.2, 0.25) is 0 Å². The van der Waals surface area contributed by atoms with Crippen LogP contribution in [0.5, 0.6) is 5.75 Å². The maximum Gasteiger partial charge on any atom is 0.331 e. The maximum absolute atomic E-state index is 12.8. The molecule has 2 bridgehead atoms. The number of amides is 2. The summed E-state index contributed by atoms with van der Waals surface area (Å²) in [5.74, 6) is -3.10. The lowest BCUT2D eigenvalue weighted by Gasteiger charge is -2.54. The number of nitrogens with two attached hydrogens (primary N) is 1. The van der Waals surface area contributed by atoms with E-state index in [-0.39, 0.29) is 29.5 Å². The van der Waals surface area contributed by atoms with Gasteiger partial charge >= 0.3 is 5.97 Å². The van der Waals surface area contributed by atoms with Gasteiger partial charge in [0.15, 0.2) is 0 Å². The molecule has 6 aliphatic rings. The van der Waals surface area contributed by atoms with Crippen LogP contribution in [0, 0.1) is 17.3 Å². The highest BCUT2D eigenvalue weighted by atomic mass is 16.5. The summed E-state index contributed by atoms with van der Waals surface area (Å²) < 4.78 is 12.4. The van der Waals surface area contributed by atoms with Crippen molar-refractivity contribution in [2.45, 2.75) is 58.2 Å². The van der Waals surface area contributed by atoms with Gasteiger partial charge in [-0.2, -0.15) is 0 Å². The van der Waals surface area contributed by atoms with E-state index in [2.05, 4.69) is 18.2 Å². The molecule has 4 fully saturated rings. The van der Waals surface area contributed by atoms with Crippen LogP contribution in [-0.2, 0) is 30.5 Å². The summed E-state index contributed by atoms with van der Waals surface area (Å²) in [4.78, 5) is 50.6. The number of esters is 1. The number of β-lactam (4-membered cyclic amide) rings is 1. The number of hydrogen-bond donors (Lipinski definition) is 2. The number of aliphatic hydroxyl groups excluding tert-OH is 1. The third-order valence-corrected chi connectivity index (χ3v) is 11.7. The van der Waals surface area contributed by atoms with Crippen molar-refractivity contribution in [3.8, 4) is 16.9 Å². The van der Waals surface area contributed by atoms with Crippen molar-refractivity contribution in [1.82, 2.24) is 4.90 Å². The van der Waals surface area contributed by atoms with Gasteiger partial charge in [-0.05, 0) is 52.3 Å². The first-order chi connectivity index (χ1) is 22.9. The van der Waals surface area contributed by atoms with Crippen molar-refractivity contribution < 1.29 is 43.3 Å². The SMILES string of the molecule is COC(=O)C=C1c2cc(C[N+]34CCC(CC(N)=O)(CC3)CC4)ccc2-c2c(OCC3=C(C(=O)[O-])N4C(=O)C(C(C)O)C4[C@H]3C)cccc21. The number of carboxylic acids is 1. The van der Waals surface area contributed by atoms with Gasteiger partial charge < -0.3 is 39.6 Å². The van der Waals surface area contributed by atoms with Gasteiger partial charge in [-0.15, -0.1) is 0 Å². The number of piperidine rings is 3. The number of quaternary nitrogens is 1. The van der Waals surface area contributed by atoms with E-state index in [1.165, 1.54) is 25.0 Å².